The van der Waals surface area contributed by atoms with Crippen LogP contribution in [-0.2, 0) is 23.1 Å². The van der Waals surface area contributed by atoms with E-state index in [2.05, 4.69) is 39.4 Å². The third kappa shape index (κ3) is 6.78. The van der Waals surface area contributed by atoms with Gasteiger partial charge in [-0.15, -0.1) is 24.0 Å². The van der Waals surface area contributed by atoms with Gasteiger partial charge in [0.25, 0.3) is 0 Å². The van der Waals surface area contributed by atoms with Gasteiger partial charge in [0.2, 0.25) is 10.0 Å². The highest BCUT2D eigenvalue weighted by molar-refractivity contribution is 14.0. The van der Waals surface area contributed by atoms with E-state index in [1.807, 2.05) is 6.07 Å². The molecule has 0 saturated heterocycles. The molecule has 2 rings (SSSR count). The van der Waals surface area contributed by atoms with Gasteiger partial charge in [-0.1, -0.05) is 31.1 Å². The summed E-state index contributed by atoms with van der Waals surface area (Å²) < 4.78 is 31.0. The summed E-state index contributed by atoms with van der Waals surface area (Å²) in [6.45, 7) is 5.09. The standard InChI is InChI=1S/C17H25N5O3S.HI/c1-12(2)16-9-14(25-22-16)11-21-17(18-3)20-10-13-5-7-15(8-6-13)26(23,24)19-4;/h5-9,12,19H,10-11H2,1-4H3,(H2,18,20,21);1H. The van der Waals surface area contributed by atoms with Crippen molar-refractivity contribution in [2.45, 2.75) is 37.8 Å². The maximum absolute atomic E-state index is 11.7. The first-order chi connectivity index (χ1) is 12.4. The van der Waals surface area contributed by atoms with Crippen LogP contribution in [0.15, 0.2) is 44.7 Å². The fourth-order valence-corrected chi connectivity index (χ4v) is 2.90. The van der Waals surface area contributed by atoms with Gasteiger partial charge in [0.15, 0.2) is 11.7 Å². The van der Waals surface area contributed by atoms with Crippen molar-refractivity contribution < 1.29 is 12.9 Å². The molecule has 10 heteroatoms. The summed E-state index contributed by atoms with van der Waals surface area (Å²) in [6, 6.07) is 8.58. The molecule has 1 aromatic heterocycles. The number of rotatable bonds is 7. The highest BCUT2D eigenvalue weighted by Gasteiger charge is 2.11. The number of benzene rings is 1. The molecule has 1 aromatic carbocycles. The van der Waals surface area contributed by atoms with Crippen LogP contribution in [0.1, 0.15) is 36.8 Å². The van der Waals surface area contributed by atoms with Crippen molar-refractivity contribution in [3.8, 4) is 0 Å². The van der Waals surface area contributed by atoms with E-state index in [0.717, 1.165) is 17.0 Å². The predicted molar refractivity (Wildman–Crippen MR) is 116 cm³/mol. The molecule has 150 valence electrons. The fourth-order valence-electron chi connectivity index (χ4n) is 2.17. The normalized spacial score (nSPS) is 12.0. The van der Waals surface area contributed by atoms with E-state index in [1.165, 1.54) is 7.05 Å². The summed E-state index contributed by atoms with van der Waals surface area (Å²) in [5, 5.41) is 10.3. The largest absolute Gasteiger partial charge is 0.359 e. The van der Waals surface area contributed by atoms with Crippen molar-refractivity contribution in [1.82, 2.24) is 20.5 Å². The number of nitrogens with one attached hydrogen (secondary N) is 3. The molecule has 0 saturated carbocycles. The van der Waals surface area contributed by atoms with Crippen LogP contribution in [0.3, 0.4) is 0 Å². The van der Waals surface area contributed by atoms with Crippen LogP contribution in [0.4, 0.5) is 0 Å². The van der Waals surface area contributed by atoms with Gasteiger partial charge >= 0.3 is 0 Å². The number of hydrogen-bond acceptors (Lipinski definition) is 5. The second kappa shape index (κ2) is 10.6. The number of hydrogen-bond donors (Lipinski definition) is 3. The van der Waals surface area contributed by atoms with Crippen molar-refractivity contribution in [1.29, 1.82) is 0 Å². The molecule has 0 radical (unpaired) electrons. The lowest BCUT2D eigenvalue weighted by Crippen LogP contribution is -2.36. The number of sulfonamides is 1. The summed E-state index contributed by atoms with van der Waals surface area (Å²) in [5.74, 6) is 1.66. The second-order valence-electron chi connectivity index (χ2n) is 6.00. The Morgan fingerprint density at radius 1 is 1.19 bits per heavy atom. The Balaban J connectivity index is 0.00000364. The lowest BCUT2D eigenvalue weighted by molar-refractivity contribution is 0.372. The molecule has 0 aliphatic carbocycles. The molecule has 0 fully saturated rings. The highest BCUT2D eigenvalue weighted by Crippen LogP contribution is 2.13. The third-order valence-corrected chi connectivity index (χ3v) is 5.21. The minimum absolute atomic E-state index is 0. The van der Waals surface area contributed by atoms with E-state index in [-0.39, 0.29) is 28.9 Å². The minimum atomic E-state index is -3.42. The van der Waals surface area contributed by atoms with Crippen LogP contribution in [-0.4, -0.2) is 33.6 Å². The maximum Gasteiger partial charge on any atom is 0.240 e. The van der Waals surface area contributed by atoms with Crippen molar-refractivity contribution in [2.75, 3.05) is 14.1 Å². The Morgan fingerprint density at radius 2 is 1.81 bits per heavy atom. The Kier molecular flexibility index (Phi) is 9.19. The number of aliphatic imine (C=N–C) groups is 1. The average Bonchev–Trinajstić information content (AvgIpc) is 3.11. The highest BCUT2D eigenvalue weighted by atomic mass is 127. The van der Waals surface area contributed by atoms with E-state index < -0.39 is 10.0 Å². The molecule has 0 atom stereocenters. The minimum Gasteiger partial charge on any atom is -0.359 e. The summed E-state index contributed by atoms with van der Waals surface area (Å²) in [7, 11) is -0.351. The van der Waals surface area contributed by atoms with Gasteiger partial charge in [-0.2, -0.15) is 0 Å². The van der Waals surface area contributed by atoms with Crippen molar-refractivity contribution in [3.63, 3.8) is 0 Å². The molecular weight excluding hydrogens is 481 g/mol. The van der Waals surface area contributed by atoms with Crippen LogP contribution >= 0.6 is 24.0 Å². The molecule has 8 nitrogen and oxygen atoms in total. The van der Waals surface area contributed by atoms with E-state index in [1.54, 1.807) is 31.3 Å². The average molecular weight is 507 g/mol. The summed E-state index contributed by atoms with van der Waals surface area (Å²) in [5.41, 5.74) is 1.85. The smallest absolute Gasteiger partial charge is 0.240 e. The zero-order chi connectivity index (χ0) is 19.2. The maximum atomic E-state index is 11.7. The third-order valence-electron chi connectivity index (χ3n) is 3.78. The molecule has 0 aliphatic rings. The number of aromatic nitrogens is 1. The Morgan fingerprint density at radius 3 is 2.33 bits per heavy atom. The molecule has 1 heterocycles. The zero-order valence-corrected chi connectivity index (χ0v) is 19.0. The van der Waals surface area contributed by atoms with Gasteiger partial charge in [0.05, 0.1) is 17.1 Å². The van der Waals surface area contributed by atoms with Crippen LogP contribution in [0.25, 0.3) is 0 Å². The van der Waals surface area contributed by atoms with Crippen LogP contribution in [0.2, 0.25) is 0 Å². The second-order valence-corrected chi connectivity index (χ2v) is 7.89. The topological polar surface area (TPSA) is 109 Å². The number of guanidine groups is 1. The lowest BCUT2D eigenvalue weighted by atomic mass is 10.1. The molecule has 0 amide bonds. The van der Waals surface area contributed by atoms with Crippen LogP contribution in [0, 0.1) is 0 Å². The molecule has 0 unspecified atom stereocenters. The summed E-state index contributed by atoms with van der Waals surface area (Å²) >= 11 is 0. The molecule has 3 N–H and O–H groups in total. The van der Waals surface area contributed by atoms with Crippen LogP contribution < -0.4 is 15.4 Å². The van der Waals surface area contributed by atoms with Crippen LogP contribution in [0.5, 0.6) is 0 Å². The van der Waals surface area contributed by atoms with Gasteiger partial charge in [-0.25, -0.2) is 13.1 Å². The Hall–Kier alpha value is -1.66. The quantitative estimate of drug-likeness (QED) is 0.301. The van der Waals surface area contributed by atoms with Gasteiger partial charge < -0.3 is 15.2 Å². The summed E-state index contributed by atoms with van der Waals surface area (Å²) in [4.78, 5) is 4.39. The van der Waals surface area contributed by atoms with Crippen molar-refractivity contribution in [2.24, 2.45) is 4.99 Å². The van der Waals surface area contributed by atoms with E-state index >= 15 is 0 Å². The molecule has 2 aromatic rings. The van der Waals surface area contributed by atoms with Gasteiger partial charge in [-0.3, -0.25) is 4.99 Å². The van der Waals surface area contributed by atoms with Crippen molar-refractivity contribution in [3.05, 3.63) is 47.3 Å². The Bertz CT molecular complexity index is 848. The number of nitrogens with zero attached hydrogens (tertiary/aromatic N) is 2. The zero-order valence-electron chi connectivity index (χ0n) is 15.8. The predicted octanol–water partition coefficient (Wildman–Crippen LogP) is 2.19. The first-order valence-corrected chi connectivity index (χ1v) is 9.76. The Labute approximate surface area is 177 Å². The van der Waals surface area contributed by atoms with E-state index in [9.17, 15) is 8.42 Å². The molecule has 27 heavy (non-hydrogen) atoms. The van der Waals surface area contributed by atoms with E-state index in [4.69, 9.17) is 4.52 Å². The first kappa shape index (κ1) is 23.4. The van der Waals surface area contributed by atoms with Gasteiger partial charge in [-0.05, 0) is 30.7 Å². The molecule has 0 bridgehead atoms. The van der Waals surface area contributed by atoms with E-state index in [0.29, 0.717) is 25.0 Å². The van der Waals surface area contributed by atoms with Crippen molar-refractivity contribution >= 4 is 40.0 Å². The van der Waals surface area contributed by atoms with Gasteiger partial charge in [0.1, 0.15) is 0 Å². The lowest BCUT2D eigenvalue weighted by Gasteiger charge is -2.11. The first-order valence-electron chi connectivity index (χ1n) is 8.28. The molecule has 0 aliphatic heterocycles. The monoisotopic (exact) mass is 507 g/mol. The fraction of sp³-hybridized carbons (Fsp3) is 0.412. The van der Waals surface area contributed by atoms with Gasteiger partial charge in [0, 0.05) is 19.7 Å². The SMILES string of the molecule is CN=C(NCc1ccc(S(=O)(=O)NC)cc1)NCc1cc(C(C)C)no1.I. The molecule has 0 spiro atoms. The molecular formula is C17H26IN5O3S. The summed E-state index contributed by atoms with van der Waals surface area (Å²) in [6.07, 6.45) is 0. The number of halogens is 1.